The van der Waals surface area contributed by atoms with Crippen molar-refractivity contribution in [3.8, 4) is 0 Å². The van der Waals surface area contributed by atoms with Gasteiger partial charge in [0.05, 0.1) is 12.0 Å². The van der Waals surface area contributed by atoms with Crippen molar-refractivity contribution in [2.45, 2.75) is 39.2 Å². The minimum Gasteiger partial charge on any atom is -0.481 e. The number of rotatable bonds is 4. The van der Waals surface area contributed by atoms with Crippen molar-refractivity contribution in [1.29, 1.82) is 0 Å². The first-order valence-corrected chi connectivity index (χ1v) is 5.55. The summed E-state index contributed by atoms with van der Waals surface area (Å²) in [5.41, 5.74) is -0.731. The summed E-state index contributed by atoms with van der Waals surface area (Å²) < 4.78 is 0. The predicted octanol–water partition coefficient (Wildman–Crippen LogP) is 0.944. The number of hydrogen-bond acceptors (Lipinski definition) is 3. The van der Waals surface area contributed by atoms with Gasteiger partial charge in [0.25, 0.3) is 0 Å². The Morgan fingerprint density at radius 2 is 2.13 bits per heavy atom. The Morgan fingerprint density at radius 1 is 1.47 bits per heavy atom. The number of nitrogens with zero attached hydrogens (tertiary/aromatic N) is 1. The van der Waals surface area contributed by atoms with Crippen LogP contribution in [0.25, 0.3) is 0 Å². The number of aliphatic carboxylic acids is 1. The molecule has 0 saturated carbocycles. The molecule has 1 unspecified atom stereocenters. The lowest BCUT2D eigenvalue weighted by Crippen LogP contribution is -2.48. The molecular weight excluding hydrogens is 194 g/mol. The number of carbonyl (C=O) groups is 1. The molecule has 4 nitrogen and oxygen atoms in total. The molecule has 1 atom stereocenters. The average molecular weight is 215 g/mol. The Labute approximate surface area is 90.9 Å². The molecule has 0 bridgehead atoms. The molecule has 0 aromatic heterocycles. The van der Waals surface area contributed by atoms with E-state index in [4.69, 9.17) is 5.11 Å². The van der Waals surface area contributed by atoms with E-state index in [0.717, 1.165) is 25.8 Å². The van der Waals surface area contributed by atoms with Crippen molar-refractivity contribution < 1.29 is 15.0 Å². The normalized spacial score (nSPS) is 24.1. The third kappa shape index (κ3) is 3.18. The van der Waals surface area contributed by atoms with Crippen LogP contribution in [-0.2, 0) is 4.79 Å². The number of likely N-dealkylation sites (tertiary alicyclic amines) is 1. The van der Waals surface area contributed by atoms with E-state index in [0.29, 0.717) is 6.54 Å². The highest BCUT2D eigenvalue weighted by Gasteiger charge is 2.33. The van der Waals surface area contributed by atoms with Crippen molar-refractivity contribution in [2.24, 2.45) is 5.41 Å². The van der Waals surface area contributed by atoms with Gasteiger partial charge in [-0.1, -0.05) is 6.42 Å². The summed E-state index contributed by atoms with van der Waals surface area (Å²) in [4.78, 5) is 13.1. The summed E-state index contributed by atoms with van der Waals surface area (Å²) in [6.07, 6.45) is 3.22. The van der Waals surface area contributed by atoms with Crippen molar-refractivity contribution in [3.05, 3.63) is 0 Å². The molecule has 0 spiro atoms. The quantitative estimate of drug-likeness (QED) is 0.733. The molecule has 0 amide bonds. The van der Waals surface area contributed by atoms with Crippen LogP contribution < -0.4 is 0 Å². The zero-order chi connectivity index (χ0) is 11.5. The van der Waals surface area contributed by atoms with Crippen LogP contribution in [0.5, 0.6) is 0 Å². The van der Waals surface area contributed by atoms with Crippen LogP contribution in [-0.4, -0.2) is 46.8 Å². The van der Waals surface area contributed by atoms with E-state index in [1.807, 2.05) is 0 Å². The second-order valence-electron chi connectivity index (χ2n) is 4.99. The Hall–Kier alpha value is -0.610. The number of piperidine rings is 1. The molecule has 1 aliphatic rings. The molecule has 1 rings (SSSR count). The summed E-state index contributed by atoms with van der Waals surface area (Å²) in [6.45, 7) is 5.03. The SMILES string of the molecule is CC(C)(CN1CCCCC1CO)C(=O)O. The van der Waals surface area contributed by atoms with Gasteiger partial charge in [-0.3, -0.25) is 9.69 Å². The van der Waals surface area contributed by atoms with Gasteiger partial charge in [0.1, 0.15) is 0 Å². The molecule has 88 valence electrons. The standard InChI is InChI=1S/C11H21NO3/c1-11(2,10(14)15)8-12-6-4-3-5-9(12)7-13/h9,13H,3-8H2,1-2H3,(H,14,15). The smallest absolute Gasteiger partial charge is 0.310 e. The molecule has 4 heteroatoms. The van der Waals surface area contributed by atoms with Crippen molar-refractivity contribution in [1.82, 2.24) is 4.90 Å². The van der Waals surface area contributed by atoms with Gasteiger partial charge in [0, 0.05) is 12.6 Å². The van der Waals surface area contributed by atoms with E-state index in [9.17, 15) is 9.90 Å². The fourth-order valence-electron chi connectivity index (χ4n) is 2.05. The molecule has 0 radical (unpaired) electrons. The average Bonchev–Trinajstić information content (AvgIpc) is 2.18. The fraction of sp³-hybridized carbons (Fsp3) is 0.909. The van der Waals surface area contributed by atoms with Crippen LogP contribution in [0.4, 0.5) is 0 Å². The van der Waals surface area contributed by atoms with Gasteiger partial charge in [0.15, 0.2) is 0 Å². The lowest BCUT2D eigenvalue weighted by Gasteiger charge is -2.38. The molecule has 1 aliphatic heterocycles. The van der Waals surface area contributed by atoms with Gasteiger partial charge in [-0.25, -0.2) is 0 Å². The summed E-state index contributed by atoms with van der Waals surface area (Å²) >= 11 is 0. The topological polar surface area (TPSA) is 60.8 Å². The second kappa shape index (κ2) is 4.94. The second-order valence-corrected chi connectivity index (χ2v) is 4.99. The third-order valence-electron chi connectivity index (χ3n) is 3.14. The maximum atomic E-state index is 11.0. The molecule has 15 heavy (non-hydrogen) atoms. The molecule has 1 saturated heterocycles. The molecule has 0 aromatic rings. The summed E-state index contributed by atoms with van der Waals surface area (Å²) in [6, 6.07) is 0.150. The van der Waals surface area contributed by atoms with Crippen LogP contribution in [0.15, 0.2) is 0 Å². The van der Waals surface area contributed by atoms with Crippen molar-refractivity contribution in [2.75, 3.05) is 19.7 Å². The lowest BCUT2D eigenvalue weighted by molar-refractivity contribution is -0.148. The molecular formula is C11H21NO3. The van der Waals surface area contributed by atoms with Crippen LogP contribution in [0.3, 0.4) is 0 Å². The summed E-state index contributed by atoms with van der Waals surface area (Å²) in [7, 11) is 0. The Kier molecular flexibility index (Phi) is 4.11. The largest absolute Gasteiger partial charge is 0.481 e. The van der Waals surface area contributed by atoms with Gasteiger partial charge in [-0.2, -0.15) is 0 Å². The molecule has 2 N–H and O–H groups in total. The van der Waals surface area contributed by atoms with Crippen LogP contribution >= 0.6 is 0 Å². The highest BCUT2D eigenvalue weighted by atomic mass is 16.4. The minimum absolute atomic E-state index is 0.135. The number of carboxylic acids is 1. The van der Waals surface area contributed by atoms with E-state index < -0.39 is 11.4 Å². The van der Waals surface area contributed by atoms with E-state index in [1.165, 1.54) is 0 Å². The number of aliphatic hydroxyl groups is 1. The number of carboxylic acid groups (broad SMARTS) is 1. The summed E-state index contributed by atoms with van der Waals surface area (Å²) in [5, 5.41) is 18.2. The van der Waals surface area contributed by atoms with Gasteiger partial charge >= 0.3 is 5.97 Å². The van der Waals surface area contributed by atoms with E-state index in [1.54, 1.807) is 13.8 Å². The molecule has 1 heterocycles. The predicted molar refractivity (Wildman–Crippen MR) is 57.7 cm³/mol. The highest BCUT2D eigenvalue weighted by molar-refractivity contribution is 5.73. The Balaban J connectivity index is 2.58. The monoisotopic (exact) mass is 215 g/mol. The highest BCUT2D eigenvalue weighted by Crippen LogP contribution is 2.23. The lowest BCUT2D eigenvalue weighted by atomic mass is 9.90. The van der Waals surface area contributed by atoms with Gasteiger partial charge in [-0.15, -0.1) is 0 Å². The Bertz CT molecular complexity index is 228. The van der Waals surface area contributed by atoms with Crippen LogP contribution in [0.1, 0.15) is 33.1 Å². The van der Waals surface area contributed by atoms with E-state index >= 15 is 0 Å². The minimum atomic E-state index is -0.773. The van der Waals surface area contributed by atoms with Crippen molar-refractivity contribution in [3.63, 3.8) is 0 Å². The summed E-state index contributed by atoms with van der Waals surface area (Å²) in [5.74, 6) is -0.773. The first kappa shape index (κ1) is 12.5. The molecule has 1 fully saturated rings. The maximum Gasteiger partial charge on any atom is 0.310 e. The zero-order valence-electron chi connectivity index (χ0n) is 9.57. The van der Waals surface area contributed by atoms with Gasteiger partial charge in [0.2, 0.25) is 0 Å². The first-order chi connectivity index (χ1) is 6.97. The maximum absolute atomic E-state index is 11.0. The van der Waals surface area contributed by atoms with E-state index in [-0.39, 0.29) is 12.6 Å². The number of aliphatic hydroxyl groups excluding tert-OH is 1. The van der Waals surface area contributed by atoms with Crippen LogP contribution in [0.2, 0.25) is 0 Å². The molecule has 0 aliphatic carbocycles. The number of hydrogen-bond donors (Lipinski definition) is 2. The first-order valence-electron chi connectivity index (χ1n) is 5.55. The Morgan fingerprint density at radius 3 is 2.67 bits per heavy atom. The fourth-order valence-corrected chi connectivity index (χ4v) is 2.05. The third-order valence-corrected chi connectivity index (χ3v) is 3.14. The van der Waals surface area contributed by atoms with E-state index in [2.05, 4.69) is 4.90 Å². The molecule has 0 aromatic carbocycles. The van der Waals surface area contributed by atoms with Crippen LogP contribution in [0, 0.1) is 5.41 Å². The van der Waals surface area contributed by atoms with Crippen molar-refractivity contribution >= 4 is 5.97 Å². The van der Waals surface area contributed by atoms with Gasteiger partial charge in [-0.05, 0) is 33.2 Å². The van der Waals surface area contributed by atoms with Gasteiger partial charge < -0.3 is 10.2 Å². The zero-order valence-corrected chi connectivity index (χ0v) is 9.57.